The molecule has 1 atom stereocenters. The zero-order valence-electron chi connectivity index (χ0n) is 12.4. The van der Waals surface area contributed by atoms with Gasteiger partial charge >= 0.3 is 12.1 Å². The SMILES string of the molecule is CCOC(=O)CCN(CC(C)O)C(=O)OC(C)(C)C. The van der Waals surface area contributed by atoms with E-state index in [-0.39, 0.29) is 25.5 Å². The van der Waals surface area contributed by atoms with Crippen molar-refractivity contribution in [3.63, 3.8) is 0 Å². The Morgan fingerprint density at radius 1 is 1.32 bits per heavy atom. The Kier molecular flexibility index (Phi) is 7.44. The topological polar surface area (TPSA) is 76.1 Å². The number of hydrogen-bond donors (Lipinski definition) is 1. The molecule has 0 bridgehead atoms. The molecule has 6 nitrogen and oxygen atoms in total. The van der Waals surface area contributed by atoms with Gasteiger partial charge in [-0.15, -0.1) is 0 Å². The van der Waals surface area contributed by atoms with Crippen molar-refractivity contribution in [2.24, 2.45) is 0 Å². The largest absolute Gasteiger partial charge is 0.466 e. The first kappa shape index (κ1) is 17.7. The minimum atomic E-state index is -0.685. The van der Waals surface area contributed by atoms with Crippen molar-refractivity contribution in [2.45, 2.75) is 52.7 Å². The van der Waals surface area contributed by atoms with Crippen LogP contribution in [0.25, 0.3) is 0 Å². The molecule has 0 radical (unpaired) electrons. The first-order chi connectivity index (χ1) is 8.65. The van der Waals surface area contributed by atoms with Crippen molar-refractivity contribution in [3.05, 3.63) is 0 Å². The molecule has 6 heteroatoms. The van der Waals surface area contributed by atoms with Gasteiger partial charge < -0.3 is 19.5 Å². The Morgan fingerprint density at radius 2 is 1.89 bits per heavy atom. The molecule has 0 aliphatic heterocycles. The molecule has 0 aliphatic carbocycles. The number of hydrogen-bond acceptors (Lipinski definition) is 5. The van der Waals surface area contributed by atoms with Crippen LogP contribution in [0.3, 0.4) is 0 Å². The third kappa shape index (κ3) is 9.30. The molecule has 0 aromatic carbocycles. The number of amides is 1. The highest BCUT2D eigenvalue weighted by Gasteiger charge is 2.23. The number of ether oxygens (including phenoxy) is 2. The fourth-order valence-electron chi connectivity index (χ4n) is 1.36. The number of rotatable bonds is 6. The zero-order chi connectivity index (χ0) is 15.1. The monoisotopic (exact) mass is 275 g/mol. The lowest BCUT2D eigenvalue weighted by molar-refractivity contribution is -0.143. The van der Waals surface area contributed by atoms with Crippen molar-refractivity contribution in [1.29, 1.82) is 0 Å². The molecular weight excluding hydrogens is 250 g/mol. The number of carbonyl (C=O) groups excluding carboxylic acids is 2. The van der Waals surface area contributed by atoms with Crippen LogP contribution in [0, 0.1) is 0 Å². The van der Waals surface area contributed by atoms with Gasteiger partial charge in [-0.2, -0.15) is 0 Å². The first-order valence-corrected chi connectivity index (χ1v) is 6.47. The Morgan fingerprint density at radius 3 is 2.32 bits per heavy atom. The van der Waals surface area contributed by atoms with Crippen molar-refractivity contribution < 1.29 is 24.2 Å². The van der Waals surface area contributed by atoms with Gasteiger partial charge in [0.2, 0.25) is 0 Å². The summed E-state index contributed by atoms with van der Waals surface area (Å²) in [6.07, 6.45) is -1.15. The van der Waals surface area contributed by atoms with Gasteiger partial charge in [-0.25, -0.2) is 4.79 Å². The molecular formula is C13H25NO5. The summed E-state index contributed by atoms with van der Waals surface area (Å²) >= 11 is 0. The average molecular weight is 275 g/mol. The molecule has 0 aliphatic rings. The second kappa shape index (κ2) is 7.99. The lowest BCUT2D eigenvalue weighted by Crippen LogP contribution is -2.41. The van der Waals surface area contributed by atoms with Crippen LogP contribution in [0.5, 0.6) is 0 Å². The van der Waals surface area contributed by atoms with Gasteiger partial charge in [0.1, 0.15) is 5.60 Å². The van der Waals surface area contributed by atoms with E-state index in [1.54, 1.807) is 34.6 Å². The molecule has 0 aromatic heterocycles. The molecule has 0 saturated heterocycles. The van der Waals surface area contributed by atoms with Gasteiger partial charge in [0, 0.05) is 13.1 Å². The van der Waals surface area contributed by atoms with Crippen LogP contribution in [-0.4, -0.2) is 53.5 Å². The Balaban J connectivity index is 4.45. The zero-order valence-corrected chi connectivity index (χ0v) is 12.4. The van der Waals surface area contributed by atoms with E-state index >= 15 is 0 Å². The maximum Gasteiger partial charge on any atom is 0.410 e. The molecule has 1 amide bonds. The van der Waals surface area contributed by atoms with Gasteiger partial charge in [-0.1, -0.05) is 0 Å². The second-order valence-corrected chi connectivity index (χ2v) is 5.33. The number of aliphatic hydroxyl groups is 1. The van der Waals surface area contributed by atoms with Gasteiger partial charge in [0.25, 0.3) is 0 Å². The molecule has 1 unspecified atom stereocenters. The van der Waals surface area contributed by atoms with E-state index in [1.165, 1.54) is 4.90 Å². The van der Waals surface area contributed by atoms with Crippen LogP contribution >= 0.6 is 0 Å². The summed E-state index contributed by atoms with van der Waals surface area (Å²) in [5.41, 5.74) is -0.613. The predicted octanol–water partition coefficient (Wildman–Crippen LogP) is 1.56. The fraction of sp³-hybridized carbons (Fsp3) is 0.846. The Bertz CT molecular complexity index is 296. The Labute approximate surface area is 114 Å². The maximum atomic E-state index is 11.9. The minimum Gasteiger partial charge on any atom is -0.466 e. The molecule has 0 rings (SSSR count). The van der Waals surface area contributed by atoms with Gasteiger partial charge in [-0.05, 0) is 34.6 Å². The summed E-state index contributed by atoms with van der Waals surface area (Å²) in [5.74, 6) is -0.373. The normalized spacial score (nSPS) is 12.7. The molecule has 112 valence electrons. The minimum absolute atomic E-state index is 0.0831. The van der Waals surface area contributed by atoms with Gasteiger partial charge in [0.05, 0.1) is 19.1 Å². The highest BCUT2D eigenvalue weighted by atomic mass is 16.6. The van der Waals surface area contributed by atoms with E-state index in [1.807, 2.05) is 0 Å². The van der Waals surface area contributed by atoms with E-state index in [4.69, 9.17) is 9.47 Å². The van der Waals surface area contributed by atoms with Crippen molar-refractivity contribution in [2.75, 3.05) is 19.7 Å². The summed E-state index contributed by atoms with van der Waals surface area (Å²) < 4.78 is 10.0. The van der Waals surface area contributed by atoms with E-state index < -0.39 is 17.8 Å². The summed E-state index contributed by atoms with van der Waals surface area (Å²) in [5, 5.41) is 9.37. The van der Waals surface area contributed by atoms with Crippen LogP contribution in [-0.2, 0) is 14.3 Å². The molecule has 0 fully saturated rings. The smallest absolute Gasteiger partial charge is 0.410 e. The van der Waals surface area contributed by atoms with Crippen LogP contribution in [0.4, 0.5) is 4.79 Å². The molecule has 0 spiro atoms. The van der Waals surface area contributed by atoms with E-state index in [0.717, 1.165) is 0 Å². The maximum absolute atomic E-state index is 11.9. The summed E-state index contributed by atoms with van der Waals surface area (Å²) in [6, 6.07) is 0. The average Bonchev–Trinajstić information content (AvgIpc) is 2.21. The molecule has 0 aromatic rings. The predicted molar refractivity (Wildman–Crippen MR) is 70.7 cm³/mol. The number of carbonyl (C=O) groups is 2. The summed E-state index contributed by atoms with van der Waals surface area (Å²) in [4.78, 5) is 24.5. The summed E-state index contributed by atoms with van der Waals surface area (Å²) in [7, 11) is 0. The molecule has 19 heavy (non-hydrogen) atoms. The van der Waals surface area contributed by atoms with E-state index in [9.17, 15) is 14.7 Å². The van der Waals surface area contributed by atoms with Crippen molar-refractivity contribution in [1.82, 2.24) is 4.90 Å². The number of nitrogens with zero attached hydrogens (tertiary/aromatic N) is 1. The molecule has 0 saturated carbocycles. The summed E-state index contributed by atoms with van der Waals surface area (Å²) in [6.45, 7) is 9.17. The van der Waals surface area contributed by atoms with Gasteiger partial charge in [0.15, 0.2) is 0 Å². The van der Waals surface area contributed by atoms with E-state index in [2.05, 4.69) is 0 Å². The molecule has 1 N–H and O–H groups in total. The van der Waals surface area contributed by atoms with Crippen LogP contribution in [0.15, 0.2) is 0 Å². The number of esters is 1. The molecule has 0 heterocycles. The lowest BCUT2D eigenvalue weighted by atomic mass is 10.2. The highest BCUT2D eigenvalue weighted by molar-refractivity contribution is 5.72. The van der Waals surface area contributed by atoms with Gasteiger partial charge in [-0.3, -0.25) is 4.79 Å². The van der Waals surface area contributed by atoms with Crippen molar-refractivity contribution in [3.8, 4) is 0 Å². The third-order valence-corrected chi connectivity index (χ3v) is 2.03. The standard InChI is InChI=1S/C13H25NO5/c1-6-18-11(16)7-8-14(9-10(2)15)12(17)19-13(3,4)5/h10,15H,6-9H2,1-5H3. The third-order valence-electron chi connectivity index (χ3n) is 2.03. The quantitative estimate of drug-likeness (QED) is 0.744. The van der Waals surface area contributed by atoms with Crippen molar-refractivity contribution >= 4 is 12.1 Å². The Hall–Kier alpha value is -1.30. The first-order valence-electron chi connectivity index (χ1n) is 6.47. The fourth-order valence-corrected chi connectivity index (χ4v) is 1.36. The highest BCUT2D eigenvalue weighted by Crippen LogP contribution is 2.10. The van der Waals surface area contributed by atoms with E-state index in [0.29, 0.717) is 6.61 Å². The lowest BCUT2D eigenvalue weighted by Gasteiger charge is -2.28. The van der Waals surface area contributed by atoms with Crippen LogP contribution in [0.2, 0.25) is 0 Å². The number of aliphatic hydroxyl groups excluding tert-OH is 1. The second-order valence-electron chi connectivity index (χ2n) is 5.33. The van der Waals surface area contributed by atoms with Crippen LogP contribution < -0.4 is 0 Å². The van der Waals surface area contributed by atoms with Crippen LogP contribution in [0.1, 0.15) is 41.0 Å².